The monoisotopic (exact) mass is 413 g/mol. The van der Waals surface area contributed by atoms with E-state index in [9.17, 15) is 4.79 Å². The second kappa shape index (κ2) is 8.51. The van der Waals surface area contributed by atoms with Crippen molar-refractivity contribution in [3.05, 3.63) is 40.5 Å². The number of ether oxygens (including phenoxy) is 1. The molecule has 0 bridgehead atoms. The molecule has 0 spiro atoms. The summed E-state index contributed by atoms with van der Waals surface area (Å²) in [4.78, 5) is 26.3. The number of carbonyl (C=O) groups is 1. The summed E-state index contributed by atoms with van der Waals surface area (Å²) in [5, 5.41) is 3.88. The van der Waals surface area contributed by atoms with E-state index in [1.54, 1.807) is 18.4 Å². The maximum atomic E-state index is 12.6. The summed E-state index contributed by atoms with van der Waals surface area (Å²) in [6.07, 6.45) is 3.69. The van der Waals surface area contributed by atoms with Crippen LogP contribution in [-0.2, 0) is 11.8 Å². The number of likely N-dealkylation sites (N-methyl/N-ethyl adjacent to an activating group) is 1. The second-order valence-electron chi connectivity index (χ2n) is 7.59. The highest BCUT2D eigenvalue weighted by Crippen LogP contribution is 2.32. The van der Waals surface area contributed by atoms with Gasteiger partial charge in [-0.25, -0.2) is 9.97 Å². The van der Waals surface area contributed by atoms with Gasteiger partial charge in [0, 0.05) is 57.8 Å². The molecule has 0 unspecified atom stereocenters. The molecule has 0 atom stereocenters. The first kappa shape index (κ1) is 19.8. The van der Waals surface area contributed by atoms with Crippen molar-refractivity contribution in [3.8, 4) is 0 Å². The van der Waals surface area contributed by atoms with Crippen LogP contribution in [0.25, 0.3) is 11.0 Å². The van der Waals surface area contributed by atoms with Crippen molar-refractivity contribution in [1.82, 2.24) is 19.4 Å². The molecule has 8 heteroatoms. The number of fused-ring (bicyclic) bond motifs is 1. The highest BCUT2D eigenvalue weighted by molar-refractivity contribution is 7.08. The van der Waals surface area contributed by atoms with Crippen LogP contribution in [0.3, 0.4) is 0 Å². The molecule has 0 aromatic carbocycles. The number of piperidine rings is 1. The zero-order chi connectivity index (χ0) is 20.4. The van der Waals surface area contributed by atoms with Gasteiger partial charge < -0.3 is 19.1 Å². The SMILES string of the molecule is COCCN(C)c1nc(C2CCN(C(=O)c3ccsc3)CC2)cc2c1ncn2C. The highest BCUT2D eigenvalue weighted by atomic mass is 32.1. The van der Waals surface area contributed by atoms with Crippen molar-refractivity contribution in [2.75, 3.05) is 45.3 Å². The Morgan fingerprint density at radius 2 is 2.17 bits per heavy atom. The number of aryl methyl sites for hydroxylation is 1. The van der Waals surface area contributed by atoms with Gasteiger partial charge >= 0.3 is 0 Å². The molecule has 154 valence electrons. The Balaban J connectivity index is 1.55. The number of hydrogen-bond acceptors (Lipinski definition) is 6. The molecule has 1 aliphatic rings. The van der Waals surface area contributed by atoms with Gasteiger partial charge in [-0.05, 0) is 30.4 Å². The first-order valence-corrected chi connectivity index (χ1v) is 10.9. The molecule has 1 saturated heterocycles. The van der Waals surface area contributed by atoms with Crippen LogP contribution in [0.2, 0.25) is 0 Å². The van der Waals surface area contributed by atoms with Gasteiger partial charge in [0.05, 0.1) is 24.0 Å². The molecule has 1 fully saturated rings. The zero-order valence-electron chi connectivity index (χ0n) is 17.2. The summed E-state index contributed by atoms with van der Waals surface area (Å²) in [7, 11) is 5.75. The number of likely N-dealkylation sites (tertiary alicyclic amines) is 1. The van der Waals surface area contributed by atoms with Crippen LogP contribution in [0.1, 0.15) is 34.8 Å². The Bertz CT molecular complexity index is 977. The van der Waals surface area contributed by atoms with Crippen LogP contribution in [-0.4, -0.2) is 65.7 Å². The molecule has 1 amide bonds. The van der Waals surface area contributed by atoms with Gasteiger partial charge in [-0.15, -0.1) is 0 Å². The molecule has 3 aromatic heterocycles. The number of thiophene rings is 1. The van der Waals surface area contributed by atoms with Crippen LogP contribution in [0.4, 0.5) is 5.82 Å². The maximum absolute atomic E-state index is 12.6. The lowest BCUT2D eigenvalue weighted by Crippen LogP contribution is -2.38. The van der Waals surface area contributed by atoms with Crippen LogP contribution in [0.15, 0.2) is 29.2 Å². The summed E-state index contributed by atoms with van der Waals surface area (Å²) >= 11 is 1.56. The van der Waals surface area contributed by atoms with Crippen LogP contribution >= 0.6 is 11.3 Å². The summed E-state index contributed by atoms with van der Waals surface area (Å²) in [6.45, 7) is 2.92. The number of rotatable bonds is 6. The van der Waals surface area contributed by atoms with Crippen molar-refractivity contribution in [3.63, 3.8) is 0 Å². The Morgan fingerprint density at radius 1 is 1.38 bits per heavy atom. The third-order valence-corrected chi connectivity index (χ3v) is 6.36. The van der Waals surface area contributed by atoms with Crippen LogP contribution < -0.4 is 4.90 Å². The Labute approximate surface area is 174 Å². The first-order valence-electron chi connectivity index (χ1n) is 9.92. The molecule has 1 aliphatic heterocycles. The van der Waals surface area contributed by atoms with E-state index in [1.165, 1.54) is 0 Å². The lowest BCUT2D eigenvalue weighted by atomic mass is 9.92. The molecule has 0 radical (unpaired) electrons. The summed E-state index contributed by atoms with van der Waals surface area (Å²) in [5.41, 5.74) is 3.89. The molecule has 0 saturated carbocycles. The van der Waals surface area contributed by atoms with Crippen LogP contribution in [0, 0.1) is 0 Å². The number of methoxy groups -OCH3 is 1. The van der Waals surface area contributed by atoms with Gasteiger partial charge in [0.2, 0.25) is 0 Å². The van der Waals surface area contributed by atoms with E-state index < -0.39 is 0 Å². The second-order valence-corrected chi connectivity index (χ2v) is 8.37. The smallest absolute Gasteiger partial charge is 0.254 e. The van der Waals surface area contributed by atoms with E-state index in [-0.39, 0.29) is 5.91 Å². The van der Waals surface area contributed by atoms with Gasteiger partial charge in [0.25, 0.3) is 5.91 Å². The molecule has 4 rings (SSSR count). The van der Waals surface area contributed by atoms with E-state index in [2.05, 4.69) is 16.0 Å². The number of aromatic nitrogens is 3. The molecule has 29 heavy (non-hydrogen) atoms. The number of nitrogens with zero attached hydrogens (tertiary/aromatic N) is 5. The summed E-state index contributed by atoms with van der Waals surface area (Å²) in [5.74, 6) is 1.38. The van der Waals surface area contributed by atoms with E-state index in [4.69, 9.17) is 9.72 Å². The van der Waals surface area contributed by atoms with Crippen LogP contribution in [0.5, 0.6) is 0 Å². The summed E-state index contributed by atoms with van der Waals surface area (Å²) in [6, 6.07) is 4.07. The van der Waals surface area contributed by atoms with Crippen molar-refractivity contribution in [2.24, 2.45) is 7.05 Å². The average Bonchev–Trinajstić information content (AvgIpc) is 3.41. The molecular weight excluding hydrogens is 386 g/mol. The fourth-order valence-electron chi connectivity index (χ4n) is 3.89. The number of hydrogen-bond donors (Lipinski definition) is 0. The minimum atomic E-state index is 0.139. The van der Waals surface area contributed by atoms with Crippen molar-refractivity contribution >= 4 is 34.1 Å². The summed E-state index contributed by atoms with van der Waals surface area (Å²) < 4.78 is 7.28. The van der Waals surface area contributed by atoms with E-state index in [0.29, 0.717) is 12.5 Å². The van der Waals surface area contributed by atoms with Crippen molar-refractivity contribution < 1.29 is 9.53 Å². The number of amides is 1. The lowest BCUT2D eigenvalue weighted by molar-refractivity contribution is 0.0712. The van der Waals surface area contributed by atoms with Crippen molar-refractivity contribution in [2.45, 2.75) is 18.8 Å². The normalized spacial score (nSPS) is 15.2. The fraction of sp³-hybridized carbons (Fsp3) is 0.476. The Kier molecular flexibility index (Phi) is 5.82. The third-order valence-electron chi connectivity index (χ3n) is 5.68. The number of imidazole rings is 1. The quantitative estimate of drug-likeness (QED) is 0.621. The molecule has 0 N–H and O–H groups in total. The van der Waals surface area contributed by atoms with E-state index in [1.807, 2.05) is 46.7 Å². The number of pyridine rings is 1. The van der Waals surface area contributed by atoms with E-state index in [0.717, 1.165) is 60.6 Å². The molecule has 3 aromatic rings. The van der Waals surface area contributed by atoms with Gasteiger partial charge in [0.1, 0.15) is 5.52 Å². The van der Waals surface area contributed by atoms with Gasteiger partial charge in [-0.3, -0.25) is 4.79 Å². The molecular formula is C21H27N5O2S. The zero-order valence-corrected chi connectivity index (χ0v) is 18.0. The average molecular weight is 414 g/mol. The minimum Gasteiger partial charge on any atom is -0.383 e. The van der Waals surface area contributed by atoms with Gasteiger partial charge in [-0.2, -0.15) is 11.3 Å². The molecule has 4 heterocycles. The molecule has 7 nitrogen and oxygen atoms in total. The topological polar surface area (TPSA) is 63.5 Å². The maximum Gasteiger partial charge on any atom is 0.254 e. The third kappa shape index (κ3) is 4.00. The first-order chi connectivity index (χ1) is 14.1. The predicted octanol–water partition coefficient (Wildman–Crippen LogP) is 3.13. The van der Waals surface area contributed by atoms with E-state index >= 15 is 0 Å². The number of carbonyl (C=O) groups excluding carboxylic acids is 1. The standard InChI is InChI=1S/C21H27N5O2S/c1-24(9-10-28-3)20-19-18(25(2)14-22-19)12-17(23-20)15-4-7-26(8-5-15)21(27)16-6-11-29-13-16/h6,11-15H,4-5,7-10H2,1-3H3. The predicted molar refractivity (Wildman–Crippen MR) is 116 cm³/mol. The fourth-order valence-corrected chi connectivity index (χ4v) is 4.52. The van der Waals surface area contributed by atoms with Gasteiger partial charge in [0.15, 0.2) is 5.82 Å². The number of anilines is 1. The minimum absolute atomic E-state index is 0.139. The van der Waals surface area contributed by atoms with Gasteiger partial charge in [-0.1, -0.05) is 0 Å². The van der Waals surface area contributed by atoms with Crippen molar-refractivity contribution in [1.29, 1.82) is 0 Å². The Morgan fingerprint density at radius 3 is 2.86 bits per heavy atom. The Hall–Kier alpha value is -2.45. The highest BCUT2D eigenvalue weighted by Gasteiger charge is 2.27. The molecule has 0 aliphatic carbocycles. The largest absolute Gasteiger partial charge is 0.383 e. The lowest BCUT2D eigenvalue weighted by Gasteiger charge is -2.32.